The third kappa shape index (κ3) is 4.91. The van der Waals surface area contributed by atoms with Crippen molar-refractivity contribution in [2.45, 2.75) is 17.1 Å². The maximum atomic E-state index is 12.0. The number of sulfonamides is 1. The monoisotopic (exact) mass is 320 g/mol. The van der Waals surface area contributed by atoms with Crippen LogP contribution >= 0.6 is 11.3 Å². The van der Waals surface area contributed by atoms with E-state index in [1.807, 2.05) is 0 Å². The highest BCUT2D eigenvalue weighted by molar-refractivity contribution is 7.91. The van der Waals surface area contributed by atoms with Gasteiger partial charge in [-0.15, -0.1) is 11.3 Å². The maximum absolute atomic E-state index is 12.0. The Morgan fingerprint density at radius 3 is 2.70 bits per heavy atom. The van der Waals surface area contributed by atoms with Gasteiger partial charge in [0.1, 0.15) is 4.21 Å². The number of aliphatic carboxylic acids is 1. The van der Waals surface area contributed by atoms with Crippen LogP contribution in [-0.2, 0) is 19.6 Å². The molecule has 1 aromatic rings. The molecule has 1 amide bonds. The first-order valence-electron chi connectivity index (χ1n) is 5.82. The number of nitrogens with one attached hydrogen (secondary N) is 1. The van der Waals surface area contributed by atoms with Crippen LogP contribution in [0, 0.1) is 0 Å². The van der Waals surface area contributed by atoms with Gasteiger partial charge in [-0.2, -0.15) is 4.31 Å². The highest BCUT2D eigenvalue weighted by Gasteiger charge is 2.23. The molecule has 0 bridgehead atoms. The van der Waals surface area contributed by atoms with Crippen molar-refractivity contribution in [3.63, 3.8) is 0 Å². The average molecular weight is 320 g/mol. The van der Waals surface area contributed by atoms with Crippen molar-refractivity contribution in [1.82, 2.24) is 9.62 Å². The molecule has 7 nitrogen and oxygen atoms in total. The van der Waals surface area contributed by atoms with E-state index in [1.54, 1.807) is 11.4 Å². The number of hydrogen-bond acceptors (Lipinski definition) is 5. The second-order valence-corrected chi connectivity index (χ2v) is 7.26. The Kier molecular flexibility index (Phi) is 6.11. The minimum absolute atomic E-state index is 0.0381. The van der Waals surface area contributed by atoms with Crippen molar-refractivity contribution < 1.29 is 23.1 Å². The molecule has 0 saturated carbocycles. The molecule has 0 fully saturated rings. The molecular formula is C11H16N2O5S2. The van der Waals surface area contributed by atoms with Crippen molar-refractivity contribution in [2.24, 2.45) is 0 Å². The van der Waals surface area contributed by atoms with E-state index >= 15 is 0 Å². The number of carboxylic acid groups (broad SMARTS) is 1. The number of nitrogens with zero attached hydrogens (tertiary/aromatic N) is 1. The van der Waals surface area contributed by atoms with E-state index in [9.17, 15) is 18.0 Å². The molecule has 9 heteroatoms. The van der Waals surface area contributed by atoms with Crippen LogP contribution < -0.4 is 5.32 Å². The fourth-order valence-corrected chi connectivity index (χ4v) is 3.70. The Labute approximate surface area is 121 Å². The van der Waals surface area contributed by atoms with Crippen LogP contribution in [0.4, 0.5) is 0 Å². The third-order valence-electron chi connectivity index (χ3n) is 2.42. The van der Waals surface area contributed by atoms with Crippen LogP contribution in [0.15, 0.2) is 21.7 Å². The van der Waals surface area contributed by atoms with Gasteiger partial charge in [0.15, 0.2) is 0 Å². The van der Waals surface area contributed by atoms with E-state index in [2.05, 4.69) is 5.32 Å². The second kappa shape index (κ2) is 7.36. The van der Waals surface area contributed by atoms with Gasteiger partial charge < -0.3 is 10.4 Å². The Bertz CT molecular complexity index is 553. The molecule has 20 heavy (non-hydrogen) atoms. The summed E-state index contributed by atoms with van der Waals surface area (Å²) in [4.78, 5) is 21.8. The van der Waals surface area contributed by atoms with Crippen LogP contribution in [0.1, 0.15) is 12.8 Å². The number of carbonyl (C=O) groups excluding carboxylic acids is 1. The average Bonchev–Trinajstić information content (AvgIpc) is 2.88. The highest BCUT2D eigenvalue weighted by Crippen LogP contribution is 2.19. The summed E-state index contributed by atoms with van der Waals surface area (Å²) in [5.74, 6) is -1.39. The number of amides is 1. The molecule has 0 spiro atoms. The molecule has 0 radical (unpaired) electrons. The number of likely N-dealkylation sites (N-methyl/N-ethyl adjacent to an activating group) is 1. The van der Waals surface area contributed by atoms with Crippen molar-refractivity contribution in [3.8, 4) is 0 Å². The standard InChI is InChI=1S/C11H16N2O5S2/c1-13(20(17,18)11-5-3-7-19-11)8-9(14)12-6-2-4-10(15)16/h3,5,7H,2,4,6,8H2,1H3,(H,12,14)(H,15,16). The Hall–Kier alpha value is -1.45. The molecule has 1 rings (SSSR count). The zero-order valence-corrected chi connectivity index (χ0v) is 12.5. The predicted molar refractivity (Wildman–Crippen MR) is 74.0 cm³/mol. The summed E-state index contributed by atoms with van der Waals surface area (Å²) in [6.07, 6.45) is 0.270. The summed E-state index contributed by atoms with van der Waals surface area (Å²) in [5, 5.41) is 12.6. The van der Waals surface area contributed by atoms with Crippen LogP contribution in [0.2, 0.25) is 0 Å². The Balaban J connectivity index is 2.44. The summed E-state index contributed by atoms with van der Waals surface area (Å²) < 4.78 is 25.2. The summed E-state index contributed by atoms with van der Waals surface area (Å²) >= 11 is 1.08. The van der Waals surface area contributed by atoms with Crippen molar-refractivity contribution in [3.05, 3.63) is 17.5 Å². The fourth-order valence-electron chi connectivity index (χ4n) is 1.37. The molecule has 112 valence electrons. The number of hydrogen-bond donors (Lipinski definition) is 2. The van der Waals surface area contributed by atoms with Gasteiger partial charge in [-0.05, 0) is 17.9 Å². The molecule has 0 unspecified atom stereocenters. The van der Waals surface area contributed by atoms with Gasteiger partial charge in [0.05, 0.1) is 6.54 Å². The first-order chi connectivity index (χ1) is 9.34. The van der Waals surface area contributed by atoms with E-state index in [-0.39, 0.29) is 23.7 Å². The fraction of sp³-hybridized carbons (Fsp3) is 0.455. The Morgan fingerprint density at radius 2 is 2.15 bits per heavy atom. The summed E-state index contributed by atoms with van der Waals surface area (Å²) in [6, 6.07) is 3.10. The smallest absolute Gasteiger partial charge is 0.303 e. The van der Waals surface area contributed by atoms with Gasteiger partial charge in [-0.25, -0.2) is 8.42 Å². The lowest BCUT2D eigenvalue weighted by molar-refractivity contribution is -0.137. The SMILES string of the molecule is CN(CC(=O)NCCCC(=O)O)S(=O)(=O)c1cccs1. The van der Waals surface area contributed by atoms with E-state index in [1.165, 1.54) is 13.1 Å². The molecule has 0 atom stereocenters. The second-order valence-electron chi connectivity index (χ2n) is 4.04. The number of carbonyl (C=O) groups is 2. The lowest BCUT2D eigenvalue weighted by Gasteiger charge is -2.15. The molecule has 0 aliphatic heterocycles. The summed E-state index contributed by atoms with van der Waals surface area (Å²) in [6.45, 7) is -0.0919. The third-order valence-corrected chi connectivity index (χ3v) is 5.59. The van der Waals surface area contributed by atoms with Crippen molar-refractivity contribution in [2.75, 3.05) is 20.1 Å². The van der Waals surface area contributed by atoms with Crippen LogP contribution in [0.25, 0.3) is 0 Å². The van der Waals surface area contributed by atoms with Gasteiger partial charge >= 0.3 is 5.97 Å². The number of carboxylic acids is 1. The van der Waals surface area contributed by atoms with Crippen molar-refractivity contribution >= 4 is 33.2 Å². The van der Waals surface area contributed by atoms with Crippen LogP contribution in [-0.4, -0.2) is 49.8 Å². The molecule has 2 N–H and O–H groups in total. The van der Waals surface area contributed by atoms with Gasteiger partial charge in [0.25, 0.3) is 10.0 Å². The molecule has 0 aromatic carbocycles. The van der Waals surface area contributed by atoms with Crippen molar-refractivity contribution in [1.29, 1.82) is 0 Å². The molecule has 0 saturated heterocycles. The van der Waals surface area contributed by atoms with Crippen LogP contribution in [0.3, 0.4) is 0 Å². The maximum Gasteiger partial charge on any atom is 0.303 e. The zero-order valence-electron chi connectivity index (χ0n) is 10.9. The minimum Gasteiger partial charge on any atom is -0.481 e. The van der Waals surface area contributed by atoms with E-state index in [0.717, 1.165) is 15.6 Å². The van der Waals surface area contributed by atoms with Gasteiger partial charge in [-0.1, -0.05) is 6.07 Å². The lowest BCUT2D eigenvalue weighted by Crippen LogP contribution is -2.38. The van der Waals surface area contributed by atoms with Gasteiger partial charge in [0.2, 0.25) is 5.91 Å². The van der Waals surface area contributed by atoms with Crippen LogP contribution in [0.5, 0.6) is 0 Å². The quantitative estimate of drug-likeness (QED) is 0.673. The minimum atomic E-state index is -3.64. The normalized spacial score (nSPS) is 11.5. The predicted octanol–water partition coefficient (Wildman–Crippen LogP) is 0.350. The Morgan fingerprint density at radius 1 is 1.45 bits per heavy atom. The first kappa shape index (κ1) is 16.6. The molecule has 0 aliphatic rings. The number of rotatable bonds is 8. The molecule has 0 aliphatic carbocycles. The van der Waals surface area contributed by atoms with Gasteiger partial charge in [-0.3, -0.25) is 9.59 Å². The van der Waals surface area contributed by atoms with E-state index in [0.29, 0.717) is 6.42 Å². The molecule has 1 aromatic heterocycles. The highest BCUT2D eigenvalue weighted by atomic mass is 32.2. The summed E-state index contributed by atoms with van der Waals surface area (Å²) in [7, 11) is -2.31. The molecular weight excluding hydrogens is 304 g/mol. The van der Waals surface area contributed by atoms with Gasteiger partial charge in [0, 0.05) is 20.0 Å². The topological polar surface area (TPSA) is 104 Å². The molecule has 1 heterocycles. The van der Waals surface area contributed by atoms with E-state index < -0.39 is 21.9 Å². The number of thiophene rings is 1. The lowest BCUT2D eigenvalue weighted by atomic mass is 10.3. The summed E-state index contributed by atoms with van der Waals surface area (Å²) in [5.41, 5.74) is 0. The largest absolute Gasteiger partial charge is 0.481 e. The zero-order chi connectivity index (χ0) is 15.2. The first-order valence-corrected chi connectivity index (χ1v) is 8.14. The van der Waals surface area contributed by atoms with E-state index in [4.69, 9.17) is 5.11 Å².